The standard InChI is InChI=1S/C29H33Cl2N3O7S/c1-6-41-23-11-9-22(10-12-23)34(42(37,38)24-13-14-26(39-4)27(16-24)40-5)18-28(35)33(19(2)29(36)32-3)17-20-7-8-21(30)15-25(20)31/h7-16,19H,6,17-18H2,1-5H3,(H,32,36). The summed E-state index contributed by atoms with van der Waals surface area (Å²) in [6, 6.07) is 14.3. The summed E-state index contributed by atoms with van der Waals surface area (Å²) in [5.41, 5.74) is 0.735. The van der Waals surface area contributed by atoms with Crippen LogP contribution in [0.25, 0.3) is 0 Å². The molecule has 0 heterocycles. The molecule has 0 aliphatic carbocycles. The van der Waals surface area contributed by atoms with Gasteiger partial charge in [-0.1, -0.05) is 29.3 Å². The Morgan fingerprint density at radius 3 is 2.19 bits per heavy atom. The highest BCUT2D eigenvalue weighted by Gasteiger charge is 2.33. The minimum atomic E-state index is -4.34. The van der Waals surface area contributed by atoms with Crippen molar-refractivity contribution >= 4 is 50.7 Å². The molecule has 13 heteroatoms. The van der Waals surface area contributed by atoms with Crippen LogP contribution >= 0.6 is 23.2 Å². The van der Waals surface area contributed by atoms with Crippen molar-refractivity contribution in [1.29, 1.82) is 0 Å². The van der Waals surface area contributed by atoms with Gasteiger partial charge in [0.15, 0.2) is 11.5 Å². The second-order valence-electron chi connectivity index (χ2n) is 9.00. The molecular formula is C29H33Cl2N3O7S. The van der Waals surface area contributed by atoms with E-state index in [0.717, 1.165) is 4.31 Å². The number of methoxy groups -OCH3 is 2. The topological polar surface area (TPSA) is 114 Å². The third-order valence-corrected chi connectivity index (χ3v) is 8.78. The molecule has 0 radical (unpaired) electrons. The number of sulfonamides is 1. The molecule has 3 rings (SSSR count). The van der Waals surface area contributed by atoms with Crippen LogP contribution in [-0.4, -0.2) is 65.6 Å². The molecular weight excluding hydrogens is 605 g/mol. The maximum atomic E-state index is 14.1. The number of carbonyl (C=O) groups excluding carboxylic acids is 2. The number of amides is 2. The van der Waals surface area contributed by atoms with Gasteiger partial charge in [-0.3, -0.25) is 13.9 Å². The third-order valence-electron chi connectivity index (χ3n) is 6.43. The zero-order chi connectivity index (χ0) is 31.0. The van der Waals surface area contributed by atoms with Gasteiger partial charge in [0, 0.05) is 29.7 Å². The fraction of sp³-hybridized carbons (Fsp3) is 0.310. The van der Waals surface area contributed by atoms with Crippen LogP contribution < -0.4 is 23.8 Å². The first kappa shape index (κ1) is 32.8. The zero-order valence-corrected chi connectivity index (χ0v) is 26.2. The number of halogens is 2. The summed E-state index contributed by atoms with van der Waals surface area (Å²) in [6.45, 7) is 3.10. The Morgan fingerprint density at radius 2 is 1.62 bits per heavy atom. The average Bonchev–Trinajstić information content (AvgIpc) is 2.98. The summed E-state index contributed by atoms with van der Waals surface area (Å²) in [6.07, 6.45) is 0. The Balaban J connectivity index is 2.09. The first-order chi connectivity index (χ1) is 20.0. The van der Waals surface area contributed by atoms with E-state index >= 15 is 0 Å². The number of anilines is 1. The van der Waals surface area contributed by atoms with Crippen LogP contribution in [0.15, 0.2) is 65.6 Å². The molecule has 0 saturated heterocycles. The quantitative estimate of drug-likeness (QED) is 0.287. The van der Waals surface area contributed by atoms with E-state index in [4.69, 9.17) is 37.4 Å². The van der Waals surface area contributed by atoms with Gasteiger partial charge in [0.1, 0.15) is 18.3 Å². The fourth-order valence-corrected chi connectivity index (χ4v) is 6.03. The molecule has 42 heavy (non-hydrogen) atoms. The molecule has 0 aliphatic heterocycles. The Bertz CT molecular complexity index is 1520. The van der Waals surface area contributed by atoms with Crippen molar-refractivity contribution in [3.8, 4) is 17.2 Å². The van der Waals surface area contributed by atoms with Crippen LogP contribution in [0.3, 0.4) is 0 Å². The molecule has 0 spiro atoms. The SMILES string of the molecule is CCOc1ccc(N(CC(=O)N(Cc2ccc(Cl)cc2Cl)C(C)C(=O)NC)S(=O)(=O)c2ccc(OC)c(OC)c2)cc1. The smallest absolute Gasteiger partial charge is 0.264 e. The van der Waals surface area contributed by atoms with Crippen LogP contribution in [0.2, 0.25) is 10.0 Å². The third kappa shape index (κ3) is 7.58. The van der Waals surface area contributed by atoms with E-state index in [9.17, 15) is 18.0 Å². The van der Waals surface area contributed by atoms with Crippen molar-refractivity contribution in [1.82, 2.24) is 10.2 Å². The number of rotatable bonds is 13. The molecule has 3 aromatic rings. The number of hydrogen-bond acceptors (Lipinski definition) is 7. The van der Waals surface area contributed by atoms with E-state index in [1.807, 2.05) is 6.92 Å². The number of nitrogens with zero attached hydrogens (tertiary/aromatic N) is 2. The van der Waals surface area contributed by atoms with Crippen molar-refractivity contribution in [2.45, 2.75) is 31.3 Å². The maximum Gasteiger partial charge on any atom is 0.264 e. The second-order valence-corrected chi connectivity index (χ2v) is 11.7. The lowest BCUT2D eigenvalue weighted by molar-refractivity contribution is -0.139. The summed E-state index contributed by atoms with van der Waals surface area (Å²) >= 11 is 12.4. The minimum Gasteiger partial charge on any atom is -0.494 e. The average molecular weight is 639 g/mol. The minimum absolute atomic E-state index is 0.0725. The van der Waals surface area contributed by atoms with Gasteiger partial charge in [-0.05, 0) is 67.9 Å². The molecule has 0 bridgehead atoms. The van der Waals surface area contributed by atoms with Crippen LogP contribution in [0, 0.1) is 0 Å². The molecule has 2 amide bonds. The number of nitrogens with one attached hydrogen (secondary N) is 1. The van der Waals surface area contributed by atoms with Gasteiger partial charge in [-0.25, -0.2) is 8.42 Å². The highest BCUT2D eigenvalue weighted by Crippen LogP contribution is 2.33. The number of hydrogen-bond donors (Lipinski definition) is 1. The highest BCUT2D eigenvalue weighted by atomic mass is 35.5. The monoisotopic (exact) mass is 637 g/mol. The normalized spacial score (nSPS) is 11.8. The fourth-order valence-electron chi connectivity index (χ4n) is 4.13. The van der Waals surface area contributed by atoms with E-state index in [2.05, 4.69) is 5.32 Å². The number of carbonyl (C=O) groups is 2. The van der Waals surface area contributed by atoms with Crippen molar-refractivity contribution < 1.29 is 32.2 Å². The van der Waals surface area contributed by atoms with E-state index in [-0.39, 0.29) is 22.9 Å². The lowest BCUT2D eigenvalue weighted by Crippen LogP contribution is -2.50. The van der Waals surface area contributed by atoms with Crippen molar-refractivity contribution in [2.75, 3.05) is 38.7 Å². The van der Waals surface area contributed by atoms with Crippen LogP contribution in [0.4, 0.5) is 5.69 Å². The Hall–Kier alpha value is -3.67. The Morgan fingerprint density at radius 1 is 0.952 bits per heavy atom. The van der Waals surface area contributed by atoms with Gasteiger partial charge < -0.3 is 24.4 Å². The van der Waals surface area contributed by atoms with Gasteiger partial charge in [0.05, 0.1) is 31.4 Å². The summed E-state index contributed by atoms with van der Waals surface area (Å²) in [5.74, 6) is -0.0171. The summed E-state index contributed by atoms with van der Waals surface area (Å²) in [7, 11) is -0.0619. The summed E-state index contributed by atoms with van der Waals surface area (Å²) in [5, 5.41) is 3.24. The Labute approximate surface area is 256 Å². The number of benzene rings is 3. The lowest BCUT2D eigenvalue weighted by Gasteiger charge is -2.32. The molecule has 0 aromatic heterocycles. The van der Waals surface area contributed by atoms with E-state index in [0.29, 0.717) is 33.7 Å². The van der Waals surface area contributed by atoms with Crippen molar-refractivity contribution in [3.05, 3.63) is 76.3 Å². The largest absolute Gasteiger partial charge is 0.494 e. The molecule has 0 aliphatic rings. The summed E-state index contributed by atoms with van der Waals surface area (Å²) < 4.78 is 45.2. The lowest BCUT2D eigenvalue weighted by atomic mass is 10.1. The predicted molar refractivity (Wildman–Crippen MR) is 162 cm³/mol. The van der Waals surface area contributed by atoms with Crippen molar-refractivity contribution in [2.24, 2.45) is 0 Å². The molecule has 3 aromatic carbocycles. The van der Waals surface area contributed by atoms with Crippen LogP contribution in [0.1, 0.15) is 19.4 Å². The molecule has 0 fully saturated rings. The maximum absolute atomic E-state index is 14.1. The van der Waals surface area contributed by atoms with Gasteiger partial charge in [0.2, 0.25) is 11.8 Å². The molecule has 0 saturated carbocycles. The number of ether oxygens (including phenoxy) is 3. The summed E-state index contributed by atoms with van der Waals surface area (Å²) in [4.78, 5) is 27.7. The molecule has 10 nitrogen and oxygen atoms in total. The predicted octanol–water partition coefficient (Wildman–Crippen LogP) is 4.77. The van der Waals surface area contributed by atoms with E-state index < -0.39 is 34.4 Å². The highest BCUT2D eigenvalue weighted by molar-refractivity contribution is 7.92. The molecule has 1 atom stereocenters. The van der Waals surface area contributed by atoms with E-state index in [1.165, 1.54) is 50.4 Å². The van der Waals surface area contributed by atoms with Crippen molar-refractivity contribution in [3.63, 3.8) is 0 Å². The van der Waals surface area contributed by atoms with E-state index in [1.54, 1.807) is 43.3 Å². The van der Waals surface area contributed by atoms with Gasteiger partial charge >= 0.3 is 0 Å². The molecule has 1 N–H and O–H groups in total. The van der Waals surface area contributed by atoms with Crippen LogP contribution in [0.5, 0.6) is 17.2 Å². The van der Waals surface area contributed by atoms with Gasteiger partial charge in [-0.2, -0.15) is 0 Å². The first-order valence-corrected chi connectivity index (χ1v) is 15.1. The molecule has 1 unspecified atom stereocenters. The zero-order valence-electron chi connectivity index (χ0n) is 23.9. The van der Waals surface area contributed by atoms with Gasteiger partial charge in [0.25, 0.3) is 10.0 Å². The van der Waals surface area contributed by atoms with Crippen LogP contribution in [-0.2, 0) is 26.2 Å². The molecule has 226 valence electrons. The first-order valence-electron chi connectivity index (χ1n) is 12.9. The van der Waals surface area contributed by atoms with Gasteiger partial charge in [-0.15, -0.1) is 0 Å². The second kappa shape index (κ2) is 14.5. The number of likely N-dealkylation sites (N-methyl/N-ethyl adjacent to an activating group) is 1. The Kier molecular flexibility index (Phi) is 11.3.